The predicted octanol–water partition coefficient (Wildman–Crippen LogP) is 1.57. The molecule has 0 aromatic carbocycles. The summed E-state index contributed by atoms with van der Waals surface area (Å²) in [6.45, 7) is 5.73. The van der Waals surface area contributed by atoms with Gasteiger partial charge in [0, 0.05) is 0 Å². The molecule has 0 saturated carbocycles. The van der Waals surface area contributed by atoms with E-state index >= 15 is 0 Å². The summed E-state index contributed by atoms with van der Waals surface area (Å²) in [5.74, 6) is 0.234. The summed E-state index contributed by atoms with van der Waals surface area (Å²) in [6.07, 6.45) is 1.71. The molecule has 0 rings (SSSR count). The Morgan fingerprint density at radius 2 is 2.57 bits per heavy atom. The maximum Gasteiger partial charge on any atom is 0.0870 e. The molecule has 0 unspecified atom stereocenters. The lowest BCUT2D eigenvalue weighted by Crippen LogP contribution is -1.90. The molecule has 0 amide bonds. The van der Waals surface area contributed by atoms with Gasteiger partial charge in [-0.1, -0.05) is 18.2 Å². The average Bonchev–Trinajstić information content (AvgIpc) is 1.68. The Hall–Kier alpha value is -0.660. The molecular formula is C5H9NO. The summed E-state index contributed by atoms with van der Waals surface area (Å²) < 4.78 is 0. The Morgan fingerprint density at radius 3 is 2.71 bits per heavy atom. The van der Waals surface area contributed by atoms with Gasteiger partial charge in [0.2, 0.25) is 0 Å². The first kappa shape index (κ1) is 6.34. The molecule has 0 heterocycles. The van der Waals surface area contributed by atoms with E-state index in [1.807, 2.05) is 6.92 Å². The van der Waals surface area contributed by atoms with Crippen molar-refractivity contribution in [3.63, 3.8) is 0 Å². The molecule has 0 radical (unpaired) electrons. The Morgan fingerprint density at radius 1 is 2.00 bits per heavy atom. The number of nitrogens with zero attached hydrogens (tertiary/aromatic N) is 1. The molecule has 0 aliphatic heterocycles. The van der Waals surface area contributed by atoms with Crippen molar-refractivity contribution in [3.05, 3.63) is 17.6 Å². The minimum atomic E-state index is 0.234. The normalized spacial score (nSPS) is 12.7. The molecule has 40 valence electrons. The van der Waals surface area contributed by atoms with Gasteiger partial charge in [-0.15, -0.1) is 6.58 Å². The molecule has 1 atom stereocenters. The molecule has 0 aliphatic carbocycles. The summed E-state index contributed by atoms with van der Waals surface area (Å²) in [5, 5.41) is 2.69. The fourth-order valence-electron chi connectivity index (χ4n) is 0.192. The number of rotatable bonds is 3. The Balaban J connectivity index is 3.15. The van der Waals surface area contributed by atoms with Crippen molar-refractivity contribution in [2.45, 2.75) is 6.92 Å². The van der Waals surface area contributed by atoms with E-state index in [-0.39, 0.29) is 5.92 Å². The van der Waals surface area contributed by atoms with Gasteiger partial charge in [-0.2, -0.15) is 4.91 Å². The second-order valence-electron chi connectivity index (χ2n) is 1.52. The third-order valence-electron chi connectivity index (χ3n) is 0.765. The van der Waals surface area contributed by atoms with E-state index in [1.54, 1.807) is 6.08 Å². The van der Waals surface area contributed by atoms with E-state index in [2.05, 4.69) is 11.8 Å². The van der Waals surface area contributed by atoms with Gasteiger partial charge in [-0.3, -0.25) is 0 Å². The van der Waals surface area contributed by atoms with Crippen LogP contribution in [0.4, 0.5) is 0 Å². The van der Waals surface area contributed by atoms with E-state index in [0.717, 1.165) is 0 Å². The van der Waals surface area contributed by atoms with E-state index < -0.39 is 0 Å². The summed E-state index contributed by atoms with van der Waals surface area (Å²) in [4.78, 5) is 9.48. The number of nitroso groups, excluding NO2 is 1. The van der Waals surface area contributed by atoms with Crippen molar-refractivity contribution in [1.29, 1.82) is 0 Å². The SMILES string of the molecule is C=C[C@H](C)CN=O. The zero-order valence-electron chi connectivity index (χ0n) is 4.42. The average molecular weight is 99.1 g/mol. The second kappa shape index (κ2) is 3.53. The molecule has 2 heteroatoms. The lowest BCUT2D eigenvalue weighted by Gasteiger charge is -1.92. The second-order valence-corrected chi connectivity index (χ2v) is 1.52. The highest BCUT2D eigenvalue weighted by Gasteiger charge is 1.90. The first-order valence-electron chi connectivity index (χ1n) is 2.23. The monoisotopic (exact) mass is 99.1 g/mol. The first-order valence-corrected chi connectivity index (χ1v) is 2.23. The van der Waals surface area contributed by atoms with E-state index in [4.69, 9.17) is 0 Å². The maximum absolute atomic E-state index is 9.48. The van der Waals surface area contributed by atoms with Crippen LogP contribution in [0.2, 0.25) is 0 Å². The third-order valence-corrected chi connectivity index (χ3v) is 0.765. The highest BCUT2D eigenvalue weighted by Crippen LogP contribution is 1.93. The Kier molecular flexibility index (Phi) is 3.19. The molecular weight excluding hydrogens is 90.1 g/mol. The van der Waals surface area contributed by atoms with E-state index in [9.17, 15) is 4.91 Å². The van der Waals surface area contributed by atoms with Crippen molar-refractivity contribution < 1.29 is 0 Å². The van der Waals surface area contributed by atoms with Crippen LogP contribution in [0.5, 0.6) is 0 Å². The number of hydrogen-bond acceptors (Lipinski definition) is 2. The van der Waals surface area contributed by atoms with Crippen LogP contribution in [0.25, 0.3) is 0 Å². The van der Waals surface area contributed by atoms with Crippen LogP contribution in [0.3, 0.4) is 0 Å². The van der Waals surface area contributed by atoms with Crippen molar-refractivity contribution >= 4 is 0 Å². The molecule has 7 heavy (non-hydrogen) atoms. The molecule has 0 aromatic heterocycles. The van der Waals surface area contributed by atoms with Crippen LogP contribution < -0.4 is 0 Å². The first-order chi connectivity index (χ1) is 3.31. The van der Waals surface area contributed by atoms with Gasteiger partial charge in [0.05, 0.1) is 6.54 Å². The molecule has 0 N–H and O–H groups in total. The van der Waals surface area contributed by atoms with Crippen LogP contribution >= 0.6 is 0 Å². The molecule has 0 aromatic rings. The van der Waals surface area contributed by atoms with Crippen LogP contribution in [-0.4, -0.2) is 6.54 Å². The topological polar surface area (TPSA) is 29.4 Å². The van der Waals surface area contributed by atoms with Gasteiger partial charge in [0.25, 0.3) is 0 Å². The summed E-state index contributed by atoms with van der Waals surface area (Å²) in [5.41, 5.74) is 0. The molecule has 0 spiro atoms. The number of hydrogen-bond donors (Lipinski definition) is 0. The minimum Gasteiger partial charge on any atom is -0.151 e. The van der Waals surface area contributed by atoms with Gasteiger partial charge in [0.1, 0.15) is 0 Å². The molecule has 0 aliphatic rings. The van der Waals surface area contributed by atoms with Crippen molar-refractivity contribution in [2.24, 2.45) is 11.1 Å². The summed E-state index contributed by atoms with van der Waals surface area (Å²) >= 11 is 0. The van der Waals surface area contributed by atoms with Gasteiger partial charge in [0.15, 0.2) is 0 Å². The predicted molar refractivity (Wildman–Crippen MR) is 30.0 cm³/mol. The smallest absolute Gasteiger partial charge is 0.0870 e. The van der Waals surface area contributed by atoms with Crippen molar-refractivity contribution in [3.8, 4) is 0 Å². The quantitative estimate of drug-likeness (QED) is 0.390. The zero-order chi connectivity index (χ0) is 5.70. The zero-order valence-corrected chi connectivity index (χ0v) is 4.42. The Bertz CT molecular complexity index is 70.5. The lowest BCUT2D eigenvalue weighted by atomic mass is 10.2. The van der Waals surface area contributed by atoms with Crippen molar-refractivity contribution in [2.75, 3.05) is 6.54 Å². The van der Waals surface area contributed by atoms with Crippen LogP contribution in [0, 0.1) is 10.8 Å². The van der Waals surface area contributed by atoms with Gasteiger partial charge < -0.3 is 0 Å². The van der Waals surface area contributed by atoms with Gasteiger partial charge in [-0.05, 0) is 5.92 Å². The molecule has 0 saturated heterocycles. The lowest BCUT2D eigenvalue weighted by molar-refractivity contribution is 0.739. The van der Waals surface area contributed by atoms with Gasteiger partial charge in [-0.25, -0.2) is 0 Å². The molecule has 2 nitrogen and oxygen atoms in total. The highest BCUT2D eigenvalue weighted by molar-refractivity contribution is 4.75. The summed E-state index contributed by atoms with van der Waals surface area (Å²) in [7, 11) is 0. The van der Waals surface area contributed by atoms with E-state index in [0.29, 0.717) is 6.54 Å². The van der Waals surface area contributed by atoms with E-state index in [1.165, 1.54) is 0 Å². The maximum atomic E-state index is 9.48. The molecule has 0 bridgehead atoms. The van der Waals surface area contributed by atoms with Crippen LogP contribution in [0.1, 0.15) is 6.92 Å². The molecule has 0 fully saturated rings. The third kappa shape index (κ3) is 3.16. The summed E-state index contributed by atoms with van der Waals surface area (Å²) in [6, 6.07) is 0. The largest absolute Gasteiger partial charge is 0.151 e. The van der Waals surface area contributed by atoms with Crippen LogP contribution in [-0.2, 0) is 0 Å². The minimum absolute atomic E-state index is 0.234. The Labute approximate surface area is 43.2 Å². The van der Waals surface area contributed by atoms with Crippen molar-refractivity contribution in [1.82, 2.24) is 0 Å². The fraction of sp³-hybridized carbons (Fsp3) is 0.600. The highest BCUT2D eigenvalue weighted by atomic mass is 16.3. The van der Waals surface area contributed by atoms with Gasteiger partial charge >= 0.3 is 0 Å². The standard InChI is InChI=1S/C5H9NO/c1-3-5(2)4-6-7/h3,5H,1,4H2,2H3/t5-/m0/s1. The van der Waals surface area contributed by atoms with Crippen LogP contribution in [0.15, 0.2) is 17.8 Å². The fourth-order valence-corrected chi connectivity index (χ4v) is 0.192.